The fourth-order valence-corrected chi connectivity index (χ4v) is 4.38. The van der Waals surface area contributed by atoms with Crippen molar-refractivity contribution in [3.63, 3.8) is 0 Å². The molecule has 0 saturated carbocycles. The number of nitrogens with zero attached hydrogens (tertiary/aromatic N) is 3. The number of rotatable bonds is 2. The second-order valence-corrected chi connectivity index (χ2v) is 7.25. The fraction of sp³-hybridized carbons (Fsp3) is 0.450. The number of amidine groups is 1. The number of hydrogen-bond donors (Lipinski definition) is 0. The molecule has 140 valence electrons. The van der Waals surface area contributed by atoms with E-state index in [4.69, 9.17) is 9.47 Å². The van der Waals surface area contributed by atoms with Crippen molar-refractivity contribution in [2.24, 2.45) is 4.99 Å². The summed E-state index contributed by atoms with van der Waals surface area (Å²) in [5, 5.41) is 0. The van der Waals surface area contributed by atoms with Gasteiger partial charge < -0.3 is 9.47 Å². The molecule has 1 aromatic carbocycles. The Bertz CT molecular complexity index is 891. The maximum absolute atomic E-state index is 12.2. The number of carbonyl (C=O) groups excluding carboxylic acids is 2. The van der Waals surface area contributed by atoms with Gasteiger partial charge in [-0.05, 0) is 41.7 Å². The first-order valence-electron chi connectivity index (χ1n) is 9.45. The van der Waals surface area contributed by atoms with Gasteiger partial charge in [0.1, 0.15) is 18.5 Å². The lowest BCUT2D eigenvalue weighted by atomic mass is 9.98. The lowest BCUT2D eigenvalue weighted by Gasteiger charge is -2.20. The van der Waals surface area contributed by atoms with E-state index in [0.29, 0.717) is 26.1 Å². The van der Waals surface area contributed by atoms with Crippen molar-refractivity contribution < 1.29 is 19.1 Å². The van der Waals surface area contributed by atoms with Crippen molar-refractivity contribution in [1.82, 2.24) is 4.90 Å². The van der Waals surface area contributed by atoms with Gasteiger partial charge >= 0.3 is 12.2 Å². The summed E-state index contributed by atoms with van der Waals surface area (Å²) < 4.78 is 10.5. The molecule has 2 amide bonds. The third-order valence-corrected chi connectivity index (χ3v) is 5.79. The van der Waals surface area contributed by atoms with Crippen molar-refractivity contribution in [3.05, 3.63) is 35.4 Å². The molecule has 7 heteroatoms. The van der Waals surface area contributed by atoms with Gasteiger partial charge in [0.05, 0.1) is 24.8 Å². The monoisotopic (exact) mass is 367 g/mol. The first-order valence-corrected chi connectivity index (χ1v) is 9.45. The molecule has 5 rings (SSSR count). The van der Waals surface area contributed by atoms with Crippen LogP contribution in [0.15, 0.2) is 29.3 Å². The summed E-state index contributed by atoms with van der Waals surface area (Å²) in [5.74, 6) is 0.775. The number of hydrogen-bond acceptors (Lipinski definition) is 5. The SMILES string of the molecule is CCC1OC(=O)N2c3ccc(C4=CCC(N5CCOC5=O)=NC4)cc3CC12. The molecule has 2 unspecified atom stereocenters. The number of cyclic esters (lactones) is 2. The van der Waals surface area contributed by atoms with Gasteiger partial charge in [-0.25, -0.2) is 9.59 Å². The summed E-state index contributed by atoms with van der Waals surface area (Å²) in [6, 6.07) is 6.34. The quantitative estimate of drug-likeness (QED) is 0.806. The van der Waals surface area contributed by atoms with Crippen molar-refractivity contribution in [2.75, 3.05) is 24.6 Å². The number of carbonyl (C=O) groups is 2. The Morgan fingerprint density at radius 1 is 1.26 bits per heavy atom. The van der Waals surface area contributed by atoms with Gasteiger partial charge in [-0.1, -0.05) is 19.1 Å². The van der Waals surface area contributed by atoms with Crippen molar-refractivity contribution in [1.29, 1.82) is 0 Å². The number of benzene rings is 1. The van der Waals surface area contributed by atoms with Gasteiger partial charge in [0.25, 0.3) is 0 Å². The Hall–Kier alpha value is -2.83. The molecule has 2 atom stereocenters. The molecule has 0 N–H and O–H groups in total. The van der Waals surface area contributed by atoms with Crippen LogP contribution in [-0.4, -0.2) is 54.8 Å². The van der Waals surface area contributed by atoms with E-state index in [-0.39, 0.29) is 24.3 Å². The fourth-order valence-electron chi connectivity index (χ4n) is 4.38. The molecule has 2 saturated heterocycles. The molecule has 0 aromatic heterocycles. The first kappa shape index (κ1) is 16.4. The van der Waals surface area contributed by atoms with E-state index in [9.17, 15) is 9.59 Å². The molecular formula is C20H21N3O4. The van der Waals surface area contributed by atoms with Crippen LogP contribution in [-0.2, 0) is 15.9 Å². The Morgan fingerprint density at radius 2 is 2.15 bits per heavy atom. The zero-order valence-corrected chi connectivity index (χ0v) is 15.2. The normalized spacial score (nSPS) is 26.4. The Morgan fingerprint density at radius 3 is 2.85 bits per heavy atom. The molecule has 4 heterocycles. The molecule has 1 aromatic rings. The Labute approximate surface area is 157 Å². The van der Waals surface area contributed by atoms with Crippen LogP contribution in [0, 0.1) is 0 Å². The Kier molecular flexibility index (Phi) is 3.70. The summed E-state index contributed by atoms with van der Waals surface area (Å²) in [6.07, 6.45) is 3.84. The molecule has 2 fully saturated rings. The standard InChI is InChI=1S/C20H21N3O4/c1-2-17-16-10-14-9-12(3-5-15(14)23(16)20(25)27-17)13-4-6-18(21-11-13)22-7-8-26-19(22)24/h3-5,9,16-17H,2,6-8,10-11H2,1H3. The number of amides is 2. The largest absolute Gasteiger partial charge is 0.447 e. The minimum Gasteiger partial charge on any atom is -0.447 e. The van der Waals surface area contributed by atoms with E-state index >= 15 is 0 Å². The number of ether oxygens (including phenoxy) is 2. The summed E-state index contributed by atoms with van der Waals surface area (Å²) in [7, 11) is 0. The summed E-state index contributed by atoms with van der Waals surface area (Å²) in [5.41, 5.74) is 4.43. The van der Waals surface area contributed by atoms with Gasteiger partial charge in [-0.2, -0.15) is 0 Å². The lowest BCUT2D eigenvalue weighted by Crippen LogP contribution is -2.33. The van der Waals surface area contributed by atoms with Crippen LogP contribution in [0.5, 0.6) is 0 Å². The molecule has 0 aliphatic carbocycles. The second-order valence-electron chi connectivity index (χ2n) is 7.25. The molecular weight excluding hydrogens is 346 g/mol. The minimum absolute atomic E-state index is 0.0328. The second kappa shape index (κ2) is 6.11. The van der Waals surface area contributed by atoms with E-state index < -0.39 is 0 Å². The highest BCUT2D eigenvalue weighted by Gasteiger charge is 2.46. The third kappa shape index (κ3) is 2.52. The average Bonchev–Trinajstić information content (AvgIpc) is 3.36. The van der Waals surface area contributed by atoms with Gasteiger partial charge in [-0.3, -0.25) is 14.8 Å². The molecule has 7 nitrogen and oxygen atoms in total. The maximum atomic E-state index is 12.2. The highest BCUT2D eigenvalue weighted by Crippen LogP contribution is 2.40. The van der Waals surface area contributed by atoms with Crippen molar-refractivity contribution >= 4 is 29.3 Å². The third-order valence-electron chi connectivity index (χ3n) is 5.79. The van der Waals surface area contributed by atoms with Crippen LogP contribution in [0.4, 0.5) is 15.3 Å². The van der Waals surface area contributed by atoms with Crippen molar-refractivity contribution in [3.8, 4) is 0 Å². The van der Waals surface area contributed by atoms with Crippen LogP contribution in [0.25, 0.3) is 5.57 Å². The molecule has 4 aliphatic rings. The maximum Gasteiger partial charge on any atom is 0.415 e. The van der Waals surface area contributed by atoms with E-state index in [1.54, 1.807) is 9.80 Å². The van der Waals surface area contributed by atoms with Gasteiger partial charge in [-0.15, -0.1) is 0 Å². The van der Waals surface area contributed by atoms with Crippen LogP contribution >= 0.6 is 0 Å². The van der Waals surface area contributed by atoms with Crippen molar-refractivity contribution in [2.45, 2.75) is 38.3 Å². The predicted molar refractivity (Wildman–Crippen MR) is 99.9 cm³/mol. The van der Waals surface area contributed by atoms with E-state index in [1.807, 2.05) is 12.1 Å². The van der Waals surface area contributed by atoms with Crippen LogP contribution in [0.3, 0.4) is 0 Å². The van der Waals surface area contributed by atoms with Crippen LogP contribution < -0.4 is 4.90 Å². The highest BCUT2D eigenvalue weighted by molar-refractivity contribution is 5.99. The molecule has 0 spiro atoms. The number of fused-ring (bicyclic) bond motifs is 3. The highest BCUT2D eigenvalue weighted by atomic mass is 16.6. The zero-order valence-electron chi connectivity index (χ0n) is 15.2. The predicted octanol–water partition coefficient (Wildman–Crippen LogP) is 2.98. The number of dihydropyridines is 1. The average molecular weight is 367 g/mol. The topological polar surface area (TPSA) is 71.4 Å². The van der Waals surface area contributed by atoms with E-state index in [1.165, 1.54) is 5.56 Å². The molecule has 0 bridgehead atoms. The molecule has 0 radical (unpaired) electrons. The van der Waals surface area contributed by atoms with E-state index in [2.05, 4.69) is 24.1 Å². The smallest absolute Gasteiger partial charge is 0.415 e. The zero-order chi connectivity index (χ0) is 18.5. The minimum atomic E-state index is -0.305. The van der Waals surface area contributed by atoms with E-state index in [0.717, 1.165) is 35.5 Å². The van der Waals surface area contributed by atoms with Gasteiger partial charge in [0, 0.05) is 6.42 Å². The molecule has 27 heavy (non-hydrogen) atoms. The summed E-state index contributed by atoms with van der Waals surface area (Å²) >= 11 is 0. The van der Waals surface area contributed by atoms with Gasteiger partial charge in [0.15, 0.2) is 0 Å². The van der Waals surface area contributed by atoms with Crippen LogP contribution in [0.2, 0.25) is 0 Å². The van der Waals surface area contributed by atoms with Gasteiger partial charge in [0.2, 0.25) is 0 Å². The van der Waals surface area contributed by atoms with Crippen LogP contribution in [0.1, 0.15) is 30.9 Å². The Balaban J connectivity index is 1.36. The number of anilines is 1. The summed E-state index contributed by atoms with van der Waals surface area (Å²) in [4.78, 5) is 31.9. The summed E-state index contributed by atoms with van der Waals surface area (Å²) in [6.45, 7) is 3.60. The first-order chi connectivity index (χ1) is 13.2. The number of aliphatic imine (C=N–C) groups is 1. The lowest BCUT2D eigenvalue weighted by molar-refractivity contribution is 0.129. The molecule has 4 aliphatic heterocycles.